The molecular weight excluding hydrogens is 314 g/mol. The number of rotatable bonds is 3. The molecule has 1 aromatic heterocycles. The molecule has 3 nitrogen and oxygen atoms in total. The zero-order valence-electron chi connectivity index (χ0n) is 10.0. The molecule has 0 fully saturated rings. The SMILES string of the molecule is CCc1nc(-c2ccc(C)cc2Br)sc1C(=O)O. The molecule has 0 atom stereocenters. The summed E-state index contributed by atoms with van der Waals surface area (Å²) in [7, 11) is 0. The number of nitrogens with zero attached hydrogens (tertiary/aromatic N) is 1. The summed E-state index contributed by atoms with van der Waals surface area (Å²) in [6.45, 7) is 3.92. The van der Waals surface area contributed by atoms with Gasteiger partial charge >= 0.3 is 5.97 Å². The fraction of sp³-hybridized carbons (Fsp3) is 0.231. The number of hydrogen-bond donors (Lipinski definition) is 1. The van der Waals surface area contributed by atoms with E-state index in [2.05, 4.69) is 20.9 Å². The number of aromatic carboxylic acids is 1. The number of halogens is 1. The Hall–Kier alpha value is -1.20. The standard InChI is InChI=1S/C13H12BrNO2S/c1-3-10-11(13(16)17)18-12(15-10)8-5-4-7(2)6-9(8)14/h4-6H,3H2,1-2H3,(H,16,17). The molecule has 2 rings (SSSR count). The van der Waals surface area contributed by atoms with E-state index in [4.69, 9.17) is 5.11 Å². The van der Waals surface area contributed by atoms with Crippen molar-refractivity contribution in [2.75, 3.05) is 0 Å². The summed E-state index contributed by atoms with van der Waals surface area (Å²) in [6, 6.07) is 5.96. The maximum Gasteiger partial charge on any atom is 0.347 e. The van der Waals surface area contributed by atoms with Crippen molar-refractivity contribution in [3.05, 3.63) is 38.8 Å². The molecule has 0 aliphatic heterocycles. The van der Waals surface area contributed by atoms with Crippen LogP contribution >= 0.6 is 27.3 Å². The van der Waals surface area contributed by atoms with Gasteiger partial charge in [0.2, 0.25) is 0 Å². The maximum absolute atomic E-state index is 11.1. The zero-order chi connectivity index (χ0) is 13.3. The van der Waals surface area contributed by atoms with E-state index in [0.29, 0.717) is 17.0 Å². The zero-order valence-corrected chi connectivity index (χ0v) is 12.4. The third kappa shape index (κ3) is 2.47. The number of carbonyl (C=O) groups is 1. The van der Waals surface area contributed by atoms with E-state index in [1.54, 1.807) is 0 Å². The van der Waals surface area contributed by atoms with Crippen LogP contribution in [0.2, 0.25) is 0 Å². The van der Waals surface area contributed by atoms with Crippen LogP contribution in [0.5, 0.6) is 0 Å². The predicted octanol–water partition coefficient (Wildman–Crippen LogP) is 4.14. The van der Waals surface area contributed by atoms with E-state index in [-0.39, 0.29) is 0 Å². The Morgan fingerprint density at radius 3 is 2.72 bits per heavy atom. The third-order valence-corrected chi connectivity index (χ3v) is 4.36. The summed E-state index contributed by atoms with van der Waals surface area (Å²) in [5, 5.41) is 9.88. The molecule has 0 amide bonds. The molecule has 0 unspecified atom stereocenters. The first-order chi connectivity index (χ1) is 8.52. The third-order valence-electron chi connectivity index (χ3n) is 2.58. The van der Waals surface area contributed by atoms with Crippen LogP contribution in [0.15, 0.2) is 22.7 Å². The molecule has 0 aliphatic carbocycles. The molecule has 0 radical (unpaired) electrons. The van der Waals surface area contributed by atoms with Crippen molar-refractivity contribution in [1.29, 1.82) is 0 Å². The topological polar surface area (TPSA) is 50.2 Å². The van der Waals surface area contributed by atoms with Gasteiger partial charge in [-0.05, 0) is 25.0 Å². The predicted molar refractivity (Wildman–Crippen MR) is 76.3 cm³/mol. The van der Waals surface area contributed by atoms with Crippen molar-refractivity contribution >= 4 is 33.2 Å². The monoisotopic (exact) mass is 325 g/mol. The number of hydrogen-bond acceptors (Lipinski definition) is 3. The Bertz CT molecular complexity index is 607. The molecule has 94 valence electrons. The van der Waals surface area contributed by atoms with Gasteiger partial charge in [-0.25, -0.2) is 9.78 Å². The minimum absolute atomic E-state index is 0.333. The Labute approximate surface area is 118 Å². The fourth-order valence-electron chi connectivity index (χ4n) is 1.67. The fourth-order valence-corrected chi connectivity index (χ4v) is 3.51. The van der Waals surface area contributed by atoms with Gasteiger partial charge in [-0.1, -0.05) is 35.0 Å². The van der Waals surface area contributed by atoms with E-state index in [9.17, 15) is 4.79 Å². The van der Waals surface area contributed by atoms with Gasteiger partial charge in [-0.3, -0.25) is 0 Å². The van der Waals surface area contributed by atoms with Crippen LogP contribution in [0.25, 0.3) is 10.6 Å². The number of benzene rings is 1. The lowest BCUT2D eigenvalue weighted by Crippen LogP contribution is -1.97. The normalized spacial score (nSPS) is 10.6. The van der Waals surface area contributed by atoms with Crippen molar-refractivity contribution < 1.29 is 9.90 Å². The molecule has 5 heteroatoms. The molecule has 0 bridgehead atoms. The van der Waals surface area contributed by atoms with Gasteiger partial charge in [0.25, 0.3) is 0 Å². The van der Waals surface area contributed by atoms with Crippen LogP contribution in [0, 0.1) is 6.92 Å². The highest BCUT2D eigenvalue weighted by atomic mass is 79.9. The van der Waals surface area contributed by atoms with Gasteiger partial charge < -0.3 is 5.11 Å². The van der Waals surface area contributed by atoms with Crippen LogP contribution in [0.3, 0.4) is 0 Å². The summed E-state index contributed by atoms with van der Waals surface area (Å²) >= 11 is 4.72. The van der Waals surface area contributed by atoms with Crippen molar-refractivity contribution in [1.82, 2.24) is 4.98 Å². The van der Waals surface area contributed by atoms with E-state index < -0.39 is 5.97 Å². The van der Waals surface area contributed by atoms with E-state index in [0.717, 1.165) is 20.6 Å². The first-order valence-corrected chi connectivity index (χ1v) is 7.13. The summed E-state index contributed by atoms with van der Waals surface area (Å²) in [5.74, 6) is -0.904. The Balaban J connectivity index is 2.54. The Morgan fingerprint density at radius 1 is 1.50 bits per heavy atom. The van der Waals surface area contributed by atoms with Crippen LogP contribution in [-0.2, 0) is 6.42 Å². The van der Waals surface area contributed by atoms with Gasteiger partial charge in [-0.2, -0.15) is 0 Å². The summed E-state index contributed by atoms with van der Waals surface area (Å²) < 4.78 is 0.941. The quantitative estimate of drug-likeness (QED) is 0.922. The molecule has 2 aromatic rings. The molecule has 1 aromatic carbocycles. The highest BCUT2D eigenvalue weighted by Crippen LogP contribution is 2.33. The van der Waals surface area contributed by atoms with Gasteiger partial charge in [0.05, 0.1) is 5.69 Å². The molecule has 0 saturated heterocycles. The van der Waals surface area contributed by atoms with E-state index in [1.165, 1.54) is 11.3 Å². The Kier molecular flexibility index (Phi) is 3.82. The van der Waals surface area contributed by atoms with Crippen LogP contribution in [-0.4, -0.2) is 16.1 Å². The average molecular weight is 326 g/mol. The largest absolute Gasteiger partial charge is 0.477 e. The Morgan fingerprint density at radius 2 is 2.22 bits per heavy atom. The van der Waals surface area contributed by atoms with Crippen molar-refractivity contribution in [2.24, 2.45) is 0 Å². The second-order valence-electron chi connectivity index (χ2n) is 3.94. The highest BCUT2D eigenvalue weighted by Gasteiger charge is 2.17. The van der Waals surface area contributed by atoms with E-state index in [1.807, 2.05) is 32.0 Å². The molecule has 0 saturated carbocycles. The van der Waals surface area contributed by atoms with Crippen LogP contribution < -0.4 is 0 Å². The smallest absolute Gasteiger partial charge is 0.347 e. The lowest BCUT2D eigenvalue weighted by Gasteiger charge is -2.01. The minimum atomic E-state index is -0.904. The number of carboxylic acids is 1. The molecule has 0 aliphatic rings. The molecular formula is C13H12BrNO2S. The molecule has 0 spiro atoms. The average Bonchev–Trinajstić information content (AvgIpc) is 2.73. The molecule has 1 N–H and O–H groups in total. The number of aryl methyl sites for hydroxylation is 2. The number of aromatic nitrogens is 1. The van der Waals surface area contributed by atoms with Crippen molar-refractivity contribution in [3.63, 3.8) is 0 Å². The maximum atomic E-state index is 11.1. The van der Waals surface area contributed by atoms with Crippen molar-refractivity contribution in [2.45, 2.75) is 20.3 Å². The summed E-state index contributed by atoms with van der Waals surface area (Å²) in [6.07, 6.45) is 0.627. The van der Waals surface area contributed by atoms with Gasteiger partial charge in [0.15, 0.2) is 0 Å². The van der Waals surface area contributed by atoms with Crippen molar-refractivity contribution in [3.8, 4) is 10.6 Å². The van der Waals surface area contributed by atoms with Crippen LogP contribution in [0.1, 0.15) is 27.9 Å². The second kappa shape index (κ2) is 5.20. The summed E-state index contributed by atoms with van der Waals surface area (Å²) in [4.78, 5) is 15.9. The first kappa shape index (κ1) is 13.2. The first-order valence-electron chi connectivity index (χ1n) is 5.52. The van der Waals surface area contributed by atoms with Gasteiger partial charge in [0.1, 0.15) is 9.88 Å². The lowest BCUT2D eigenvalue weighted by molar-refractivity contribution is 0.0701. The molecule has 18 heavy (non-hydrogen) atoms. The highest BCUT2D eigenvalue weighted by molar-refractivity contribution is 9.10. The van der Waals surface area contributed by atoms with Gasteiger partial charge in [-0.15, -0.1) is 11.3 Å². The summed E-state index contributed by atoms with van der Waals surface area (Å²) in [5.41, 5.74) is 2.74. The van der Waals surface area contributed by atoms with Crippen LogP contribution in [0.4, 0.5) is 0 Å². The van der Waals surface area contributed by atoms with E-state index >= 15 is 0 Å². The molecule has 1 heterocycles. The minimum Gasteiger partial charge on any atom is -0.477 e. The second-order valence-corrected chi connectivity index (χ2v) is 5.79. The number of thiazole rings is 1. The van der Waals surface area contributed by atoms with Gasteiger partial charge in [0, 0.05) is 10.0 Å². The lowest BCUT2D eigenvalue weighted by atomic mass is 10.1. The number of carboxylic acid groups (broad SMARTS) is 1.